The van der Waals surface area contributed by atoms with Crippen molar-refractivity contribution in [3.63, 3.8) is 0 Å². The third-order valence-corrected chi connectivity index (χ3v) is 6.28. The summed E-state index contributed by atoms with van der Waals surface area (Å²) in [5, 5.41) is 0. The third kappa shape index (κ3) is 11.0. The minimum atomic E-state index is -3.90. The van der Waals surface area contributed by atoms with E-state index in [0.717, 1.165) is 36.1 Å². The van der Waals surface area contributed by atoms with Crippen molar-refractivity contribution < 1.29 is 17.5 Å². The summed E-state index contributed by atoms with van der Waals surface area (Å²) in [7, 11) is -1.70. The van der Waals surface area contributed by atoms with Crippen LogP contribution in [0.4, 0.5) is 0 Å². The molecule has 0 bridgehead atoms. The lowest BCUT2D eigenvalue weighted by Crippen LogP contribution is -2.45. The van der Waals surface area contributed by atoms with E-state index >= 15 is 0 Å². The Kier molecular flexibility index (Phi) is 11.7. The summed E-state index contributed by atoms with van der Waals surface area (Å²) >= 11 is 0. The molecule has 0 radical (unpaired) electrons. The van der Waals surface area contributed by atoms with Gasteiger partial charge in [-0.3, -0.25) is 4.55 Å². The highest BCUT2D eigenvalue weighted by molar-refractivity contribution is 7.85. The third-order valence-electron chi connectivity index (χ3n) is 5.48. The van der Waals surface area contributed by atoms with Gasteiger partial charge in [0.05, 0.1) is 25.9 Å². The molecule has 1 atom stereocenters. The Hall–Kier alpha value is -1.17. The Morgan fingerprint density at radius 1 is 0.964 bits per heavy atom. The molecule has 1 unspecified atom stereocenters. The van der Waals surface area contributed by atoms with Gasteiger partial charge in [0.1, 0.15) is 6.54 Å². The van der Waals surface area contributed by atoms with Gasteiger partial charge in [-0.25, -0.2) is 0 Å². The lowest BCUT2D eigenvalue weighted by atomic mass is 10.0. The van der Waals surface area contributed by atoms with Crippen molar-refractivity contribution in [2.24, 2.45) is 0 Å². The van der Waals surface area contributed by atoms with Gasteiger partial charge in [-0.1, -0.05) is 82.4 Å². The standard InChI is InChI=1S/C23H39NO3S/c1-4-6-7-8-9-10-11-14-18-24(3,19-15-20-28(25,26)27)21-23-17-13-12-16-22(23)5-2/h5,12-13,16-17H,2,4,6-11,14-15,18-21H2,1,3H3/p+1. The molecule has 0 fully saturated rings. The Labute approximate surface area is 173 Å². The van der Waals surface area contributed by atoms with Gasteiger partial charge in [0, 0.05) is 12.0 Å². The van der Waals surface area contributed by atoms with Crippen molar-refractivity contribution in [3.05, 3.63) is 42.0 Å². The van der Waals surface area contributed by atoms with E-state index in [1.165, 1.54) is 50.5 Å². The van der Waals surface area contributed by atoms with Crippen LogP contribution in [-0.4, -0.2) is 43.3 Å². The van der Waals surface area contributed by atoms with Crippen molar-refractivity contribution >= 4 is 16.2 Å². The molecule has 0 aromatic heterocycles. The fraction of sp³-hybridized carbons (Fsp3) is 0.652. The first kappa shape index (κ1) is 24.9. The predicted molar refractivity (Wildman–Crippen MR) is 120 cm³/mol. The molecule has 1 aromatic carbocycles. The number of nitrogens with zero attached hydrogens (tertiary/aromatic N) is 1. The van der Waals surface area contributed by atoms with E-state index in [-0.39, 0.29) is 5.75 Å². The Morgan fingerprint density at radius 3 is 2.14 bits per heavy atom. The summed E-state index contributed by atoms with van der Waals surface area (Å²) in [6.45, 7) is 8.76. The highest BCUT2D eigenvalue weighted by Gasteiger charge is 2.23. The lowest BCUT2D eigenvalue weighted by molar-refractivity contribution is -0.922. The second-order valence-electron chi connectivity index (χ2n) is 8.24. The summed E-state index contributed by atoms with van der Waals surface area (Å²) in [4.78, 5) is 0. The molecule has 160 valence electrons. The highest BCUT2D eigenvalue weighted by atomic mass is 32.2. The van der Waals surface area contributed by atoms with Gasteiger partial charge in [-0.15, -0.1) is 0 Å². The first-order chi connectivity index (χ1) is 13.3. The lowest BCUT2D eigenvalue weighted by Gasteiger charge is -2.35. The van der Waals surface area contributed by atoms with Crippen LogP contribution in [0.25, 0.3) is 6.08 Å². The van der Waals surface area contributed by atoms with Crippen LogP contribution in [0.2, 0.25) is 0 Å². The van der Waals surface area contributed by atoms with Crippen molar-refractivity contribution in [1.82, 2.24) is 0 Å². The van der Waals surface area contributed by atoms with E-state index in [9.17, 15) is 8.42 Å². The maximum Gasteiger partial charge on any atom is 0.265 e. The zero-order valence-electron chi connectivity index (χ0n) is 17.9. The molecule has 0 aliphatic carbocycles. The van der Waals surface area contributed by atoms with E-state index in [1.54, 1.807) is 0 Å². The van der Waals surface area contributed by atoms with Gasteiger partial charge in [-0.05, 0) is 18.4 Å². The summed E-state index contributed by atoms with van der Waals surface area (Å²) < 4.78 is 32.1. The van der Waals surface area contributed by atoms with Gasteiger partial charge in [0.25, 0.3) is 10.1 Å². The molecular formula is C23H40NO3S+. The van der Waals surface area contributed by atoms with Crippen molar-refractivity contribution in [2.75, 3.05) is 25.9 Å². The van der Waals surface area contributed by atoms with Crippen LogP contribution in [-0.2, 0) is 16.7 Å². The largest absolute Gasteiger partial charge is 0.322 e. The molecule has 0 saturated heterocycles. The smallest absolute Gasteiger partial charge is 0.265 e. The van der Waals surface area contributed by atoms with Gasteiger partial charge < -0.3 is 4.48 Å². The SMILES string of the molecule is C=Cc1ccccc1C[N+](C)(CCCCCCCCCC)CCCS(=O)(=O)O. The minimum absolute atomic E-state index is 0.165. The van der Waals surface area contributed by atoms with Crippen LogP contribution < -0.4 is 0 Å². The zero-order chi connectivity index (χ0) is 20.9. The average Bonchev–Trinajstić information content (AvgIpc) is 2.63. The van der Waals surface area contributed by atoms with Crippen molar-refractivity contribution in [1.29, 1.82) is 0 Å². The van der Waals surface area contributed by atoms with E-state index in [1.807, 2.05) is 18.2 Å². The van der Waals surface area contributed by atoms with Crippen LogP contribution in [0, 0.1) is 0 Å². The van der Waals surface area contributed by atoms with Gasteiger partial charge >= 0.3 is 0 Å². The Morgan fingerprint density at radius 2 is 1.54 bits per heavy atom. The second-order valence-corrected chi connectivity index (χ2v) is 9.81. The van der Waals surface area contributed by atoms with Crippen LogP contribution in [0.15, 0.2) is 30.8 Å². The molecule has 0 amide bonds. The van der Waals surface area contributed by atoms with E-state index < -0.39 is 10.1 Å². The first-order valence-electron chi connectivity index (χ1n) is 10.8. The molecule has 0 heterocycles. The number of rotatable bonds is 16. The van der Waals surface area contributed by atoms with Crippen LogP contribution in [0.1, 0.15) is 75.8 Å². The number of hydrogen-bond donors (Lipinski definition) is 1. The van der Waals surface area contributed by atoms with E-state index in [4.69, 9.17) is 4.55 Å². The summed E-state index contributed by atoms with van der Waals surface area (Å²) in [5.41, 5.74) is 2.38. The molecule has 5 heteroatoms. The molecule has 1 N–H and O–H groups in total. The minimum Gasteiger partial charge on any atom is -0.322 e. The first-order valence-corrected chi connectivity index (χ1v) is 12.4. The average molecular weight is 411 g/mol. The summed E-state index contributed by atoms with van der Waals surface area (Å²) in [5.74, 6) is -0.165. The zero-order valence-corrected chi connectivity index (χ0v) is 18.7. The molecule has 28 heavy (non-hydrogen) atoms. The number of hydrogen-bond acceptors (Lipinski definition) is 2. The highest BCUT2D eigenvalue weighted by Crippen LogP contribution is 2.20. The van der Waals surface area contributed by atoms with E-state index in [2.05, 4.69) is 32.7 Å². The fourth-order valence-corrected chi connectivity index (χ4v) is 4.31. The normalized spacial score (nSPS) is 14.0. The molecule has 4 nitrogen and oxygen atoms in total. The fourth-order valence-electron chi connectivity index (χ4n) is 3.81. The van der Waals surface area contributed by atoms with Gasteiger partial charge in [0.2, 0.25) is 0 Å². The summed E-state index contributed by atoms with van der Waals surface area (Å²) in [6.07, 6.45) is 12.6. The van der Waals surface area contributed by atoms with Crippen LogP contribution in [0.5, 0.6) is 0 Å². The van der Waals surface area contributed by atoms with Crippen molar-refractivity contribution in [2.45, 2.75) is 71.3 Å². The van der Waals surface area contributed by atoms with E-state index in [0.29, 0.717) is 6.42 Å². The molecule has 0 saturated carbocycles. The summed E-state index contributed by atoms with van der Waals surface area (Å²) in [6, 6.07) is 8.26. The Balaban J connectivity index is 2.60. The molecule has 1 aromatic rings. The molecule has 0 aliphatic heterocycles. The maximum atomic E-state index is 11.1. The molecule has 0 aliphatic rings. The van der Waals surface area contributed by atoms with Crippen LogP contribution in [0.3, 0.4) is 0 Å². The topological polar surface area (TPSA) is 54.4 Å². The van der Waals surface area contributed by atoms with Gasteiger partial charge in [0.15, 0.2) is 0 Å². The monoisotopic (exact) mass is 410 g/mol. The predicted octanol–water partition coefficient (Wildman–Crippen LogP) is 5.69. The number of quaternary nitrogens is 1. The number of unbranched alkanes of at least 4 members (excludes halogenated alkanes) is 7. The number of benzene rings is 1. The molecule has 0 spiro atoms. The maximum absolute atomic E-state index is 11.1. The van der Waals surface area contributed by atoms with Gasteiger partial charge in [-0.2, -0.15) is 8.42 Å². The second kappa shape index (κ2) is 13.1. The van der Waals surface area contributed by atoms with Crippen molar-refractivity contribution in [3.8, 4) is 0 Å². The molecule has 1 rings (SSSR count). The quantitative estimate of drug-likeness (QED) is 0.216. The van der Waals surface area contributed by atoms with Crippen LogP contribution >= 0.6 is 0 Å². The molecular weight excluding hydrogens is 370 g/mol. The Bertz CT molecular complexity index is 672.